The summed E-state index contributed by atoms with van der Waals surface area (Å²) in [7, 11) is 0. The average Bonchev–Trinajstić information content (AvgIpc) is 2.35. The van der Waals surface area contributed by atoms with Gasteiger partial charge in [-0.2, -0.15) is 0 Å². The maximum absolute atomic E-state index is 13.9. The van der Waals surface area contributed by atoms with E-state index in [0.29, 0.717) is 16.8 Å². The molecule has 0 fully saturated rings. The summed E-state index contributed by atoms with van der Waals surface area (Å²) in [6.07, 6.45) is -1.34. The van der Waals surface area contributed by atoms with Crippen LogP contribution in [0.15, 0.2) is 36.4 Å². The maximum Gasteiger partial charge on any atom is 0.135 e. The van der Waals surface area contributed by atoms with E-state index in [1.165, 1.54) is 13.0 Å². The maximum atomic E-state index is 13.9. The van der Waals surface area contributed by atoms with Crippen LogP contribution in [-0.2, 0) is 0 Å². The molecule has 0 radical (unpaired) electrons. The van der Waals surface area contributed by atoms with Crippen molar-refractivity contribution < 1.29 is 13.9 Å². The third kappa shape index (κ3) is 2.19. The van der Waals surface area contributed by atoms with Gasteiger partial charge in [-0.25, -0.2) is 8.78 Å². The largest absolute Gasteiger partial charge is 0.399 e. The molecule has 0 heterocycles. The zero-order valence-corrected chi connectivity index (χ0v) is 9.82. The first-order valence-corrected chi connectivity index (χ1v) is 5.48. The Hall–Kier alpha value is -1.94. The molecule has 1 atom stereocenters. The summed E-state index contributed by atoms with van der Waals surface area (Å²) in [5.74, 6) is -1.48. The molecule has 94 valence electrons. The van der Waals surface area contributed by atoms with Crippen LogP contribution in [0, 0.1) is 18.6 Å². The summed E-state index contributed by atoms with van der Waals surface area (Å²) < 4.78 is 27.5. The van der Waals surface area contributed by atoms with Gasteiger partial charge in [-0.05, 0) is 36.2 Å². The van der Waals surface area contributed by atoms with Crippen molar-refractivity contribution in [2.24, 2.45) is 0 Å². The molecule has 0 bridgehead atoms. The average molecular weight is 249 g/mol. The quantitative estimate of drug-likeness (QED) is 0.804. The van der Waals surface area contributed by atoms with Crippen molar-refractivity contribution in [1.82, 2.24) is 0 Å². The Kier molecular flexibility index (Phi) is 3.30. The fraction of sp³-hybridized carbons (Fsp3) is 0.143. The van der Waals surface area contributed by atoms with Crippen molar-refractivity contribution in [2.75, 3.05) is 5.73 Å². The van der Waals surface area contributed by atoms with Crippen LogP contribution in [-0.4, -0.2) is 5.11 Å². The van der Waals surface area contributed by atoms with Crippen LogP contribution in [0.5, 0.6) is 0 Å². The van der Waals surface area contributed by atoms with E-state index in [1.807, 2.05) is 0 Å². The van der Waals surface area contributed by atoms with Gasteiger partial charge in [0.1, 0.15) is 17.7 Å². The number of aliphatic hydroxyl groups is 1. The molecule has 4 heteroatoms. The zero-order chi connectivity index (χ0) is 13.3. The minimum absolute atomic E-state index is 0.292. The van der Waals surface area contributed by atoms with Crippen LogP contribution >= 0.6 is 0 Å². The lowest BCUT2D eigenvalue weighted by Gasteiger charge is -2.14. The minimum Gasteiger partial charge on any atom is -0.399 e. The fourth-order valence-corrected chi connectivity index (χ4v) is 1.77. The normalized spacial score (nSPS) is 12.4. The van der Waals surface area contributed by atoms with Gasteiger partial charge in [0, 0.05) is 5.69 Å². The second kappa shape index (κ2) is 4.74. The van der Waals surface area contributed by atoms with Crippen LogP contribution < -0.4 is 5.73 Å². The molecule has 2 nitrogen and oxygen atoms in total. The Bertz CT molecular complexity index is 567. The number of aryl methyl sites for hydroxylation is 1. The first-order chi connectivity index (χ1) is 8.50. The van der Waals surface area contributed by atoms with Gasteiger partial charge in [0.2, 0.25) is 0 Å². The highest BCUT2D eigenvalue weighted by Crippen LogP contribution is 2.28. The third-order valence-corrected chi connectivity index (χ3v) is 2.85. The second-order valence-electron chi connectivity index (χ2n) is 4.16. The van der Waals surface area contributed by atoms with Crippen LogP contribution in [0.25, 0.3) is 0 Å². The number of anilines is 1. The summed E-state index contributed by atoms with van der Waals surface area (Å²) in [4.78, 5) is 0. The molecular formula is C14H13F2NO. The topological polar surface area (TPSA) is 46.2 Å². The van der Waals surface area contributed by atoms with Crippen molar-refractivity contribution in [1.29, 1.82) is 0 Å². The van der Waals surface area contributed by atoms with E-state index in [9.17, 15) is 13.9 Å². The molecule has 0 spiro atoms. The number of nitrogen functional groups attached to an aromatic ring is 1. The highest BCUT2D eigenvalue weighted by Gasteiger charge is 2.20. The summed E-state index contributed by atoms with van der Waals surface area (Å²) in [6.45, 7) is 1.52. The molecule has 0 saturated heterocycles. The molecular weight excluding hydrogens is 236 g/mol. The first kappa shape index (κ1) is 12.5. The number of aliphatic hydroxyl groups excluding tert-OH is 1. The van der Waals surface area contributed by atoms with Gasteiger partial charge in [-0.15, -0.1) is 0 Å². The molecule has 2 aromatic rings. The molecule has 18 heavy (non-hydrogen) atoms. The Balaban J connectivity index is 2.49. The molecule has 0 saturated carbocycles. The summed E-state index contributed by atoms with van der Waals surface area (Å²) in [6, 6.07) is 8.72. The highest BCUT2D eigenvalue weighted by molar-refractivity contribution is 5.42. The highest BCUT2D eigenvalue weighted by atomic mass is 19.1. The number of hydrogen-bond acceptors (Lipinski definition) is 2. The summed E-state index contributed by atoms with van der Waals surface area (Å²) in [5.41, 5.74) is 6.40. The summed E-state index contributed by atoms with van der Waals surface area (Å²) >= 11 is 0. The van der Waals surface area contributed by atoms with E-state index < -0.39 is 17.7 Å². The van der Waals surface area contributed by atoms with Crippen molar-refractivity contribution in [3.63, 3.8) is 0 Å². The molecule has 2 aromatic carbocycles. The molecule has 3 N–H and O–H groups in total. The van der Waals surface area contributed by atoms with Crippen LogP contribution in [0.2, 0.25) is 0 Å². The molecule has 1 unspecified atom stereocenters. The Labute approximate surface area is 104 Å². The molecule has 0 aromatic heterocycles. The summed E-state index contributed by atoms with van der Waals surface area (Å²) in [5, 5.41) is 10.0. The van der Waals surface area contributed by atoms with E-state index in [0.717, 1.165) is 6.07 Å². The fourth-order valence-electron chi connectivity index (χ4n) is 1.77. The van der Waals surface area contributed by atoms with Gasteiger partial charge in [-0.3, -0.25) is 0 Å². The van der Waals surface area contributed by atoms with Crippen LogP contribution in [0.1, 0.15) is 22.8 Å². The number of hydrogen-bond donors (Lipinski definition) is 2. The van der Waals surface area contributed by atoms with Gasteiger partial charge >= 0.3 is 0 Å². The standard InChI is InChI=1S/C14H13F2NO/c1-8-2-7-11(15)12(13(8)16)14(18)9-3-5-10(17)6-4-9/h2-7,14,18H,17H2,1H3. The van der Waals surface area contributed by atoms with E-state index in [2.05, 4.69) is 0 Å². The van der Waals surface area contributed by atoms with E-state index in [4.69, 9.17) is 5.73 Å². The van der Waals surface area contributed by atoms with Crippen molar-refractivity contribution in [3.05, 3.63) is 64.7 Å². The minimum atomic E-state index is -1.34. The van der Waals surface area contributed by atoms with Crippen molar-refractivity contribution in [2.45, 2.75) is 13.0 Å². The van der Waals surface area contributed by atoms with Crippen molar-refractivity contribution >= 4 is 5.69 Å². The van der Waals surface area contributed by atoms with E-state index in [1.54, 1.807) is 24.3 Å². The lowest BCUT2D eigenvalue weighted by atomic mass is 9.98. The van der Waals surface area contributed by atoms with Gasteiger partial charge in [-0.1, -0.05) is 18.2 Å². The van der Waals surface area contributed by atoms with Gasteiger partial charge in [0.25, 0.3) is 0 Å². The second-order valence-corrected chi connectivity index (χ2v) is 4.16. The Morgan fingerprint density at radius 3 is 2.28 bits per heavy atom. The van der Waals surface area contributed by atoms with Crippen LogP contribution in [0.4, 0.5) is 14.5 Å². The number of halogens is 2. The molecule has 0 aliphatic carbocycles. The smallest absolute Gasteiger partial charge is 0.135 e. The lowest BCUT2D eigenvalue weighted by Crippen LogP contribution is -2.07. The monoisotopic (exact) mass is 249 g/mol. The Morgan fingerprint density at radius 2 is 1.67 bits per heavy atom. The molecule has 0 aliphatic heterocycles. The predicted octanol–water partition coefficient (Wildman–Crippen LogP) is 2.94. The molecule has 0 amide bonds. The number of nitrogens with two attached hydrogens (primary N) is 1. The van der Waals surface area contributed by atoms with Gasteiger partial charge in [0.05, 0.1) is 5.56 Å². The Morgan fingerprint density at radius 1 is 1.06 bits per heavy atom. The SMILES string of the molecule is Cc1ccc(F)c(C(O)c2ccc(N)cc2)c1F. The van der Waals surface area contributed by atoms with E-state index >= 15 is 0 Å². The molecule has 2 rings (SSSR count). The molecule has 0 aliphatic rings. The lowest BCUT2D eigenvalue weighted by molar-refractivity contribution is 0.209. The van der Waals surface area contributed by atoms with Crippen molar-refractivity contribution in [3.8, 4) is 0 Å². The van der Waals surface area contributed by atoms with Gasteiger partial charge < -0.3 is 10.8 Å². The number of rotatable bonds is 2. The zero-order valence-electron chi connectivity index (χ0n) is 9.82. The van der Waals surface area contributed by atoms with Gasteiger partial charge in [0.15, 0.2) is 0 Å². The van der Waals surface area contributed by atoms with Crippen LogP contribution in [0.3, 0.4) is 0 Å². The first-order valence-electron chi connectivity index (χ1n) is 5.48. The predicted molar refractivity (Wildman–Crippen MR) is 66.0 cm³/mol. The van der Waals surface area contributed by atoms with E-state index in [-0.39, 0.29) is 5.56 Å². The third-order valence-electron chi connectivity index (χ3n) is 2.85. The number of benzene rings is 2.